The summed E-state index contributed by atoms with van der Waals surface area (Å²) in [6, 6.07) is 11.1. The zero-order valence-corrected chi connectivity index (χ0v) is 20.1. The van der Waals surface area contributed by atoms with E-state index in [1.807, 2.05) is 6.07 Å². The molecule has 184 valence electrons. The fourth-order valence-electron chi connectivity index (χ4n) is 3.55. The van der Waals surface area contributed by atoms with Crippen molar-refractivity contribution in [3.8, 4) is 0 Å². The Morgan fingerprint density at radius 3 is 2.56 bits per heavy atom. The summed E-state index contributed by atoms with van der Waals surface area (Å²) in [6.07, 6.45) is 0.824. The van der Waals surface area contributed by atoms with E-state index in [0.717, 1.165) is 43.4 Å². The summed E-state index contributed by atoms with van der Waals surface area (Å²) in [5, 5.41) is 13.8. The first kappa shape index (κ1) is 26.0. The van der Waals surface area contributed by atoms with Gasteiger partial charge in [-0.25, -0.2) is 8.42 Å². The topological polar surface area (TPSA) is 131 Å². The first-order valence-corrected chi connectivity index (χ1v) is 12.7. The molecule has 1 aliphatic rings. The van der Waals surface area contributed by atoms with Crippen LogP contribution in [0.15, 0.2) is 53.4 Å². The standard InChI is InChI=1S/C22H27ClN4O6S/c23-19-8-7-18(16-21(19)27(29)30)34(31,32)25-20(15-17-5-2-1-3-6-17)22(28)24-9-4-10-26-11-13-33-14-12-26/h1-3,5-8,16,20,25H,4,9-15H2,(H,24,28). The molecule has 2 aromatic rings. The third-order valence-electron chi connectivity index (χ3n) is 5.38. The van der Waals surface area contributed by atoms with E-state index in [1.165, 1.54) is 0 Å². The molecule has 1 heterocycles. The number of halogens is 1. The van der Waals surface area contributed by atoms with Gasteiger partial charge in [-0.3, -0.25) is 19.8 Å². The number of hydrogen-bond acceptors (Lipinski definition) is 7. The lowest BCUT2D eigenvalue weighted by atomic mass is 10.1. The van der Waals surface area contributed by atoms with Crippen molar-refractivity contribution in [2.45, 2.75) is 23.8 Å². The van der Waals surface area contributed by atoms with Crippen molar-refractivity contribution < 1.29 is 22.9 Å². The molecule has 2 N–H and O–H groups in total. The maximum atomic E-state index is 13.0. The van der Waals surface area contributed by atoms with Gasteiger partial charge in [0, 0.05) is 25.7 Å². The zero-order chi connectivity index (χ0) is 24.6. The number of nitrogens with zero attached hydrogens (tertiary/aromatic N) is 2. The van der Waals surface area contributed by atoms with Crippen LogP contribution in [-0.4, -0.2) is 69.6 Å². The average molecular weight is 511 g/mol. The van der Waals surface area contributed by atoms with Crippen molar-refractivity contribution in [2.75, 3.05) is 39.4 Å². The second kappa shape index (κ2) is 12.2. The van der Waals surface area contributed by atoms with E-state index in [9.17, 15) is 23.3 Å². The van der Waals surface area contributed by atoms with Crippen LogP contribution in [0.3, 0.4) is 0 Å². The van der Waals surface area contributed by atoms with Crippen LogP contribution < -0.4 is 10.0 Å². The Bertz CT molecular complexity index is 1090. The van der Waals surface area contributed by atoms with Gasteiger partial charge in [-0.2, -0.15) is 4.72 Å². The minimum atomic E-state index is -4.24. The molecule has 0 aliphatic carbocycles. The first-order chi connectivity index (χ1) is 16.3. The van der Waals surface area contributed by atoms with Gasteiger partial charge in [-0.1, -0.05) is 41.9 Å². The Kier molecular flexibility index (Phi) is 9.36. The summed E-state index contributed by atoms with van der Waals surface area (Å²) in [5.41, 5.74) is 0.234. The first-order valence-electron chi connectivity index (χ1n) is 10.8. The van der Waals surface area contributed by atoms with E-state index in [-0.39, 0.29) is 16.3 Å². The Morgan fingerprint density at radius 2 is 1.88 bits per heavy atom. The van der Waals surface area contributed by atoms with Gasteiger partial charge < -0.3 is 10.1 Å². The van der Waals surface area contributed by atoms with Crippen LogP contribution in [0.25, 0.3) is 0 Å². The van der Waals surface area contributed by atoms with Crippen LogP contribution in [0, 0.1) is 10.1 Å². The van der Waals surface area contributed by atoms with Crippen molar-refractivity contribution in [1.29, 1.82) is 0 Å². The summed E-state index contributed by atoms with van der Waals surface area (Å²) in [5.74, 6) is -0.474. The number of hydrogen-bond donors (Lipinski definition) is 2. The highest BCUT2D eigenvalue weighted by atomic mass is 35.5. The van der Waals surface area contributed by atoms with E-state index in [4.69, 9.17) is 16.3 Å². The van der Waals surface area contributed by atoms with Gasteiger partial charge in [-0.05, 0) is 37.1 Å². The fourth-order valence-corrected chi connectivity index (χ4v) is 4.96. The van der Waals surface area contributed by atoms with Crippen LogP contribution in [0.2, 0.25) is 5.02 Å². The fraction of sp³-hybridized carbons (Fsp3) is 0.409. The maximum Gasteiger partial charge on any atom is 0.289 e. The molecule has 1 saturated heterocycles. The van der Waals surface area contributed by atoms with E-state index in [0.29, 0.717) is 26.2 Å². The largest absolute Gasteiger partial charge is 0.379 e. The second-order valence-corrected chi connectivity index (χ2v) is 9.95. The van der Waals surface area contributed by atoms with E-state index in [1.54, 1.807) is 24.3 Å². The number of carbonyl (C=O) groups is 1. The molecule has 0 aromatic heterocycles. The molecular weight excluding hydrogens is 484 g/mol. The minimum absolute atomic E-state index is 0.116. The maximum absolute atomic E-state index is 13.0. The Hall–Kier alpha value is -2.57. The predicted octanol–water partition coefficient (Wildman–Crippen LogP) is 1.98. The number of morpholine rings is 1. The molecule has 1 amide bonds. The lowest BCUT2D eigenvalue weighted by Gasteiger charge is -2.26. The number of amides is 1. The van der Waals surface area contributed by atoms with E-state index < -0.39 is 32.6 Å². The van der Waals surface area contributed by atoms with Gasteiger partial charge in [-0.15, -0.1) is 0 Å². The second-order valence-electron chi connectivity index (χ2n) is 7.83. The average Bonchev–Trinajstić information content (AvgIpc) is 2.82. The number of rotatable bonds is 11. The molecule has 10 nitrogen and oxygen atoms in total. The summed E-state index contributed by atoms with van der Waals surface area (Å²) < 4.78 is 33.7. The third-order valence-corrected chi connectivity index (χ3v) is 7.16. The molecule has 0 bridgehead atoms. The third kappa shape index (κ3) is 7.47. The molecule has 12 heteroatoms. The SMILES string of the molecule is O=C(NCCCN1CCOCC1)C(Cc1ccccc1)NS(=O)(=O)c1ccc(Cl)c([N+](=O)[O-])c1. The van der Waals surface area contributed by atoms with Crippen molar-refractivity contribution >= 4 is 33.2 Å². The van der Waals surface area contributed by atoms with Crippen LogP contribution in [0.1, 0.15) is 12.0 Å². The lowest BCUT2D eigenvalue weighted by molar-refractivity contribution is -0.384. The van der Waals surface area contributed by atoms with Crippen molar-refractivity contribution in [2.24, 2.45) is 0 Å². The van der Waals surface area contributed by atoms with Crippen molar-refractivity contribution in [1.82, 2.24) is 14.9 Å². The highest BCUT2D eigenvalue weighted by Crippen LogP contribution is 2.27. The van der Waals surface area contributed by atoms with Gasteiger partial charge in [0.15, 0.2) is 0 Å². The molecule has 0 spiro atoms. The molecule has 1 fully saturated rings. The highest BCUT2D eigenvalue weighted by molar-refractivity contribution is 7.89. The number of carbonyl (C=O) groups excluding carboxylic acids is 1. The smallest absolute Gasteiger partial charge is 0.289 e. The molecule has 2 aromatic carbocycles. The van der Waals surface area contributed by atoms with E-state index >= 15 is 0 Å². The molecule has 0 saturated carbocycles. The van der Waals surface area contributed by atoms with Crippen LogP contribution >= 0.6 is 11.6 Å². The van der Waals surface area contributed by atoms with Crippen LogP contribution in [0.5, 0.6) is 0 Å². The molecule has 1 atom stereocenters. The van der Waals surface area contributed by atoms with Gasteiger partial charge in [0.2, 0.25) is 15.9 Å². The highest BCUT2D eigenvalue weighted by Gasteiger charge is 2.28. The summed E-state index contributed by atoms with van der Waals surface area (Å²) in [7, 11) is -4.24. The Labute approximate surface area is 203 Å². The van der Waals surface area contributed by atoms with Crippen molar-refractivity contribution in [3.63, 3.8) is 0 Å². The number of sulfonamides is 1. The molecular formula is C22H27ClN4O6S. The van der Waals surface area contributed by atoms with Crippen molar-refractivity contribution in [3.05, 3.63) is 69.2 Å². The molecule has 1 aliphatic heterocycles. The summed E-state index contributed by atoms with van der Waals surface area (Å²) in [6.45, 7) is 4.25. The van der Waals surface area contributed by atoms with Gasteiger partial charge in [0.1, 0.15) is 11.1 Å². The van der Waals surface area contributed by atoms with E-state index in [2.05, 4.69) is 14.9 Å². The number of nitro groups is 1. The molecule has 3 rings (SSSR count). The summed E-state index contributed by atoms with van der Waals surface area (Å²) >= 11 is 5.80. The number of nitrogens with one attached hydrogen (secondary N) is 2. The normalized spacial score (nSPS) is 15.6. The number of nitro benzene ring substituents is 1. The molecule has 1 unspecified atom stereocenters. The Balaban J connectivity index is 1.70. The van der Waals surface area contributed by atoms with Gasteiger partial charge in [0.05, 0.1) is 23.0 Å². The number of benzene rings is 2. The Morgan fingerprint density at radius 1 is 1.18 bits per heavy atom. The van der Waals surface area contributed by atoms with Crippen LogP contribution in [0.4, 0.5) is 5.69 Å². The van der Waals surface area contributed by atoms with Gasteiger partial charge >= 0.3 is 0 Å². The quantitative estimate of drug-likeness (QED) is 0.268. The zero-order valence-electron chi connectivity index (χ0n) is 18.5. The predicted molar refractivity (Wildman–Crippen MR) is 127 cm³/mol. The minimum Gasteiger partial charge on any atom is -0.379 e. The molecule has 34 heavy (non-hydrogen) atoms. The summed E-state index contributed by atoms with van der Waals surface area (Å²) in [4.78, 5) is 25.2. The number of ether oxygens (including phenoxy) is 1. The monoisotopic (exact) mass is 510 g/mol. The van der Waals surface area contributed by atoms with Crippen LogP contribution in [-0.2, 0) is 26.0 Å². The lowest BCUT2D eigenvalue weighted by Crippen LogP contribution is -2.48. The van der Waals surface area contributed by atoms with Gasteiger partial charge in [0.25, 0.3) is 5.69 Å². The molecule has 0 radical (unpaired) electrons.